The van der Waals surface area contributed by atoms with Gasteiger partial charge in [-0.25, -0.2) is 31.3 Å². The van der Waals surface area contributed by atoms with Crippen LogP contribution in [-0.4, -0.2) is 82.8 Å². The van der Waals surface area contributed by atoms with Gasteiger partial charge in [-0.05, 0) is 47.5 Å². The van der Waals surface area contributed by atoms with E-state index in [4.69, 9.17) is 37.8 Å². The fraction of sp³-hybridized carbons (Fsp3) is 0.333. The number of Topliss-reactive ketones (excluding diaryl/α,β-unsaturated/α-hetero) is 1. The molecule has 1 aromatic heterocycles. The summed E-state index contributed by atoms with van der Waals surface area (Å²) < 4.78 is 77.0. The van der Waals surface area contributed by atoms with Crippen LogP contribution in [0.1, 0.15) is 30.7 Å². The summed E-state index contributed by atoms with van der Waals surface area (Å²) in [4.78, 5) is 18.9. The van der Waals surface area contributed by atoms with Gasteiger partial charge in [-0.1, -0.05) is 60.9 Å². The number of ether oxygens (including phenoxy) is 2. The van der Waals surface area contributed by atoms with Gasteiger partial charge in [0.05, 0.1) is 54.4 Å². The fourth-order valence-corrected chi connectivity index (χ4v) is 9.25. The lowest BCUT2D eigenvalue weighted by Gasteiger charge is -2.28. The number of hydrogen-bond donors (Lipinski definition) is 1. The number of carbonyl (C=O) groups is 1. The van der Waals surface area contributed by atoms with Crippen molar-refractivity contribution in [3.8, 4) is 11.4 Å². The summed E-state index contributed by atoms with van der Waals surface area (Å²) >= 11 is 14.2. The molecule has 1 aliphatic rings. The number of morpholine rings is 1. The lowest BCUT2D eigenvalue weighted by molar-refractivity contribution is -0.118. The standard InChI is InChI=1S/C33H35Cl2FN4O7S3/c1-33(2,22-5-9-30(27(35)14-22)50(37,44)45)31-17-38-32(40(31)23-6-8-28(36)29(15-23)46-3)48-19-21-4-7-25(16-26(21)34)49(42,43)20-24(41)18-39-10-12-47-13-11-39/h4-9,14-17H,10-13,18-20H2,1-3H3,(H2,37,44,45). The molecule has 1 fully saturated rings. The van der Waals surface area contributed by atoms with Crippen LogP contribution in [0, 0.1) is 5.82 Å². The molecule has 50 heavy (non-hydrogen) atoms. The van der Waals surface area contributed by atoms with E-state index in [2.05, 4.69) is 4.98 Å². The first kappa shape index (κ1) is 38.2. The lowest BCUT2D eigenvalue weighted by atomic mass is 9.81. The number of primary sulfonamides is 1. The van der Waals surface area contributed by atoms with Crippen molar-refractivity contribution in [2.45, 2.75) is 40.0 Å². The number of ketones is 1. The number of methoxy groups -OCH3 is 1. The van der Waals surface area contributed by atoms with Crippen molar-refractivity contribution in [3.05, 3.63) is 93.5 Å². The van der Waals surface area contributed by atoms with Crippen LogP contribution in [0.25, 0.3) is 5.69 Å². The van der Waals surface area contributed by atoms with E-state index in [0.29, 0.717) is 54.0 Å². The zero-order chi connectivity index (χ0) is 36.4. The van der Waals surface area contributed by atoms with Gasteiger partial charge < -0.3 is 9.47 Å². The Kier molecular flexibility index (Phi) is 11.7. The topological polar surface area (TPSA) is 151 Å². The van der Waals surface area contributed by atoms with Gasteiger partial charge in [0, 0.05) is 35.3 Å². The number of sulfonamides is 1. The maximum Gasteiger partial charge on any atom is 0.239 e. The molecule has 5 rings (SSSR count). The van der Waals surface area contributed by atoms with Crippen LogP contribution < -0.4 is 9.88 Å². The van der Waals surface area contributed by atoms with Crippen molar-refractivity contribution in [1.29, 1.82) is 0 Å². The molecule has 0 unspecified atom stereocenters. The highest BCUT2D eigenvalue weighted by molar-refractivity contribution is 7.98. The minimum Gasteiger partial charge on any atom is -0.494 e. The Labute approximate surface area is 304 Å². The molecule has 11 nitrogen and oxygen atoms in total. The van der Waals surface area contributed by atoms with Crippen LogP contribution in [0.15, 0.2) is 75.7 Å². The summed E-state index contributed by atoms with van der Waals surface area (Å²) in [6.07, 6.45) is 1.66. The number of benzene rings is 3. The third kappa shape index (κ3) is 8.53. The van der Waals surface area contributed by atoms with Crippen LogP contribution in [-0.2, 0) is 40.6 Å². The Hall–Kier alpha value is -3.02. The van der Waals surface area contributed by atoms with Crippen LogP contribution in [0.3, 0.4) is 0 Å². The van der Waals surface area contributed by atoms with Gasteiger partial charge in [-0.3, -0.25) is 14.3 Å². The molecule has 1 saturated heterocycles. The Balaban J connectivity index is 1.43. The van der Waals surface area contributed by atoms with Gasteiger partial charge in [0.25, 0.3) is 0 Å². The molecule has 17 heteroatoms. The van der Waals surface area contributed by atoms with Gasteiger partial charge in [-0.2, -0.15) is 0 Å². The Bertz CT molecular complexity index is 2140. The second kappa shape index (κ2) is 15.3. The minimum absolute atomic E-state index is 0.0136. The smallest absolute Gasteiger partial charge is 0.239 e. The molecule has 0 atom stereocenters. The molecule has 0 aliphatic carbocycles. The number of nitrogens with zero attached hydrogens (tertiary/aromatic N) is 3. The Morgan fingerprint density at radius 1 is 1.04 bits per heavy atom. The first-order valence-corrected chi connectivity index (χ1v) is 20.2. The SMILES string of the molecule is COc1cc(-n2c(C(C)(C)c3ccc(S(N)(=O)=O)c(Cl)c3)cnc2SCc2ccc(S(=O)(=O)CC(=O)CN3CCOCC3)cc2Cl)ccc1F. The number of sulfone groups is 1. The zero-order valence-electron chi connectivity index (χ0n) is 27.4. The molecule has 268 valence electrons. The number of carbonyl (C=O) groups excluding carboxylic acids is 1. The highest BCUT2D eigenvalue weighted by Crippen LogP contribution is 2.39. The molecule has 4 aromatic rings. The van der Waals surface area contributed by atoms with Gasteiger partial charge in [0.2, 0.25) is 10.0 Å². The predicted molar refractivity (Wildman–Crippen MR) is 190 cm³/mol. The lowest BCUT2D eigenvalue weighted by Crippen LogP contribution is -2.40. The van der Waals surface area contributed by atoms with Crippen LogP contribution >= 0.6 is 35.0 Å². The summed E-state index contributed by atoms with van der Waals surface area (Å²) in [6.45, 7) is 5.97. The van der Waals surface area contributed by atoms with Gasteiger partial charge in [-0.15, -0.1) is 0 Å². The number of hydrogen-bond acceptors (Lipinski definition) is 10. The summed E-state index contributed by atoms with van der Waals surface area (Å²) in [5.41, 5.74) is 1.65. The first-order chi connectivity index (χ1) is 23.5. The first-order valence-electron chi connectivity index (χ1n) is 15.2. The quantitative estimate of drug-likeness (QED) is 0.178. The van der Waals surface area contributed by atoms with E-state index < -0.39 is 42.6 Å². The van der Waals surface area contributed by atoms with Gasteiger partial charge in [0.1, 0.15) is 10.6 Å². The molecule has 0 spiro atoms. The number of rotatable bonds is 13. The molecular weight excluding hydrogens is 750 g/mol. The average molecular weight is 786 g/mol. The van der Waals surface area contributed by atoms with Crippen molar-refractivity contribution in [1.82, 2.24) is 14.5 Å². The number of halogens is 3. The summed E-state index contributed by atoms with van der Waals surface area (Å²) in [5.74, 6) is -1.31. The molecule has 0 saturated carbocycles. The van der Waals surface area contributed by atoms with E-state index in [0.717, 1.165) is 0 Å². The van der Waals surface area contributed by atoms with Gasteiger partial charge >= 0.3 is 0 Å². The van der Waals surface area contributed by atoms with Crippen molar-refractivity contribution in [2.24, 2.45) is 5.14 Å². The molecule has 1 aliphatic heterocycles. The van der Waals surface area contributed by atoms with Gasteiger partial charge in [0.15, 0.2) is 32.3 Å². The largest absolute Gasteiger partial charge is 0.494 e. The number of nitrogens with two attached hydrogens (primary N) is 1. The Morgan fingerprint density at radius 2 is 1.76 bits per heavy atom. The van der Waals surface area contributed by atoms with Crippen molar-refractivity contribution < 1.29 is 35.5 Å². The molecule has 0 radical (unpaired) electrons. The average Bonchev–Trinajstić information content (AvgIpc) is 3.49. The molecular formula is C33H35Cl2FN4O7S3. The van der Waals surface area contributed by atoms with E-state index in [1.54, 1.807) is 24.4 Å². The van der Waals surface area contributed by atoms with Crippen molar-refractivity contribution in [3.63, 3.8) is 0 Å². The molecule has 2 heterocycles. The van der Waals surface area contributed by atoms with Crippen molar-refractivity contribution >= 4 is 60.6 Å². The highest BCUT2D eigenvalue weighted by atomic mass is 35.5. The number of thioether (sulfide) groups is 1. The van der Waals surface area contributed by atoms with Crippen LogP contribution in [0.4, 0.5) is 4.39 Å². The molecule has 0 bridgehead atoms. The van der Waals surface area contributed by atoms with Crippen LogP contribution in [0.2, 0.25) is 10.0 Å². The molecule has 3 aromatic carbocycles. The normalized spacial score (nSPS) is 14.5. The summed E-state index contributed by atoms with van der Waals surface area (Å²) in [6, 6.07) is 13.3. The third-order valence-corrected chi connectivity index (χ3v) is 12.7. The molecule has 0 amide bonds. The van der Waals surface area contributed by atoms with Crippen molar-refractivity contribution in [2.75, 3.05) is 45.7 Å². The van der Waals surface area contributed by atoms with E-state index in [1.807, 2.05) is 23.3 Å². The number of aromatic nitrogens is 2. The van der Waals surface area contributed by atoms with E-state index in [-0.39, 0.29) is 37.9 Å². The molecule has 2 N–H and O–H groups in total. The maximum atomic E-state index is 14.5. The summed E-state index contributed by atoms with van der Waals surface area (Å²) in [7, 11) is -6.62. The third-order valence-electron chi connectivity index (χ3n) is 8.32. The van der Waals surface area contributed by atoms with E-state index >= 15 is 0 Å². The minimum atomic E-state index is -4.05. The second-order valence-corrected chi connectivity index (χ2v) is 17.4. The van der Waals surface area contributed by atoms with E-state index in [9.17, 15) is 26.0 Å². The fourth-order valence-electron chi connectivity index (χ4n) is 5.51. The predicted octanol–water partition coefficient (Wildman–Crippen LogP) is 5.27. The second-order valence-electron chi connectivity index (χ2n) is 12.1. The Morgan fingerprint density at radius 3 is 2.40 bits per heavy atom. The zero-order valence-corrected chi connectivity index (χ0v) is 31.3. The monoisotopic (exact) mass is 784 g/mol. The summed E-state index contributed by atoms with van der Waals surface area (Å²) in [5, 5.41) is 5.97. The highest BCUT2D eigenvalue weighted by Gasteiger charge is 2.31. The number of imidazole rings is 1. The van der Waals surface area contributed by atoms with Crippen LogP contribution in [0.5, 0.6) is 5.75 Å². The maximum absolute atomic E-state index is 14.5. The van der Waals surface area contributed by atoms with E-state index in [1.165, 1.54) is 55.3 Å².